The van der Waals surface area contributed by atoms with Gasteiger partial charge in [0.15, 0.2) is 11.5 Å². The third-order valence-electron chi connectivity index (χ3n) is 5.20. The number of carbonyl (C=O) groups is 1. The van der Waals surface area contributed by atoms with Crippen LogP contribution in [0.25, 0.3) is 0 Å². The molecule has 2 aromatic rings. The van der Waals surface area contributed by atoms with Gasteiger partial charge in [-0.2, -0.15) is 0 Å². The molecule has 1 heterocycles. The minimum atomic E-state index is 0.0607. The van der Waals surface area contributed by atoms with Crippen LogP contribution in [-0.4, -0.2) is 38.1 Å². The van der Waals surface area contributed by atoms with Crippen LogP contribution >= 0.6 is 0 Å². The molecule has 0 aromatic heterocycles. The molecule has 1 amide bonds. The second-order valence-electron chi connectivity index (χ2n) is 7.07. The van der Waals surface area contributed by atoms with Gasteiger partial charge in [-0.05, 0) is 54.7 Å². The first-order valence-electron chi connectivity index (χ1n) is 9.34. The Kier molecular flexibility index (Phi) is 6.01. The maximum absolute atomic E-state index is 12.4. The van der Waals surface area contributed by atoms with E-state index in [1.807, 2.05) is 32.0 Å². The van der Waals surface area contributed by atoms with Crippen molar-refractivity contribution in [2.75, 3.05) is 32.6 Å². The monoisotopic (exact) mass is 368 g/mol. The number of carbonyl (C=O) groups excluding carboxylic acids is 1. The average Bonchev–Trinajstić information content (AvgIpc) is 2.68. The maximum atomic E-state index is 12.4. The van der Waals surface area contributed by atoms with Crippen LogP contribution < -0.4 is 14.8 Å². The summed E-state index contributed by atoms with van der Waals surface area (Å²) in [5, 5.41) is 3.07. The number of hydrogen-bond acceptors (Lipinski definition) is 4. The van der Waals surface area contributed by atoms with E-state index < -0.39 is 0 Å². The molecule has 3 rings (SSSR count). The molecule has 2 aromatic carbocycles. The van der Waals surface area contributed by atoms with Crippen molar-refractivity contribution in [1.82, 2.24) is 4.90 Å². The number of benzene rings is 2. The summed E-state index contributed by atoms with van der Waals surface area (Å²) in [5.41, 5.74) is 5.66. The van der Waals surface area contributed by atoms with Crippen molar-refractivity contribution in [3.63, 3.8) is 0 Å². The van der Waals surface area contributed by atoms with Gasteiger partial charge in [0, 0.05) is 31.7 Å². The zero-order valence-electron chi connectivity index (χ0n) is 16.6. The number of aryl methyl sites for hydroxylation is 2. The quantitative estimate of drug-likeness (QED) is 0.845. The van der Waals surface area contributed by atoms with Gasteiger partial charge in [-0.15, -0.1) is 0 Å². The lowest BCUT2D eigenvalue weighted by Crippen LogP contribution is -2.33. The number of fused-ring (bicyclic) bond motifs is 1. The Balaban J connectivity index is 1.59. The fourth-order valence-electron chi connectivity index (χ4n) is 3.61. The van der Waals surface area contributed by atoms with Crippen molar-refractivity contribution in [3.05, 3.63) is 52.6 Å². The summed E-state index contributed by atoms with van der Waals surface area (Å²) in [5.74, 6) is 1.59. The molecular weight excluding hydrogens is 340 g/mol. The average molecular weight is 368 g/mol. The number of methoxy groups -OCH3 is 2. The van der Waals surface area contributed by atoms with E-state index in [0.717, 1.165) is 54.4 Å². The maximum Gasteiger partial charge on any atom is 0.225 e. The van der Waals surface area contributed by atoms with E-state index in [0.29, 0.717) is 6.42 Å². The highest BCUT2D eigenvalue weighted by atomic mass is 16.5. The van der Waals surface area contributed by atoms with Gasteiger partial charge in [0.25, 0.3) is 0 Å². The predicted octanol–water partition coefficient (Wildman–Crippen LogP) is 3.71. The fraction of sp³-hybridized carbons (Fsp3) is 0.409. The number of para-hydroxylation sites is 1. The molecule has 0 unspecified atom stereocenters. The summed E-state index contributed by atoms with van der Waals surface area (Å²) in [4.78, 5) is 14.7. The normalized spacial score (nSPS) is 13.8. The van der Waals surface area contributed by atoms with Gasteiger partial charge in [-0.3, -0.25) is 9.69 Å². The summed E-state index contributed by atoms with van der Waals surface area (Å²) in [6, 6.07) is 10.2. The molecule has 0 spiro atoms. The van der Waals surface area contributed by atoms with E-state index in [2.05, 4.69) is 22.3 Å². The van der Waals surface area contributed by atoms with Crippen LogP contribution in [0.1, 0.15) is 28.7 Å². The molecule has 0 atom stereocenters. The standard InChI is InChI=1S/C22H28N2O3/c1-15-6-5-7-16(2)22(15)23-21(25)9-11-24-10-8-17-12-19(26-3)20(27-4)13-18(17)14-24/h5-7,12-13H,8-11,14H2,1-4H3,(H,23,25). The largest absolute Gasteiger partial charge is 0.493 e. The molecule has 0 fully saturated rings. The van der Waals surface area contributed by atoms with E-state index in [1.165, 1.54) is 11.1 Å². The number of rotatable bonds is 6. The molecule has 0 saturated carbocycles. The Morgan fingerprint density at radius 3 is 2.33 bits per heavy atom. The summed E-state index contributed by atoms with van der Waals surface area (Å²) in [6.07, 6.45) is 1.44. The van der Waals surface area contributed by atoms with Gasteiger partial charge in [0.05, 0.1) is 14.2 Å². The number of anilines is 1. The lowest BCUT2D eigenvalue weighted by atomic mass is 9.98. The van der Waals surface area contributed by atoms with E-state index in [1.54, 1.807) is 14.2 Å². The Morgan fingerprint density at radius 2 is 1.70 bits per heavy atom. The molecule has 0 saturated heterocycles. The summed E-state index contributed by atoms with van der Waals surface area (Å²) in [7, 11) is 3.32. The highest BCUT2D eigenvalue weighted by molar-refractivity contribution is 5.92. The molecule has 0 bridgehead atoms. The molecule has 27 heavy (non-hydrogen) atoms. The number of nitrogens with zero attached hydrogens (tertiary/aromatic N) is 1. The molecule has 0 radical (unpaired) electrons. The van der Waals surface area contributed by atoms with Gasteiger partial charge in [0.2, 0.25) is 5.91 Å². The zero-order chi connectivity index (χ0) is 19.4. The van der Waals surface area contributed by atoms with Crippen LogP contribution in [0, 0.1) is 13.8 Å². The highest BCUT2D eigenvalue weighted by Gasteiger charge is 2.20. The number of hydrogen-bond donors (Lipinski definition) is 1. The fourth-order valence-corrected chi connectivity index (χ4v) is 3.61. The smallest absolute Gasteiger partial charge is 0.225 e. The molecule has 0 aliphatic carbocycles. The first-order chi connectivity index (χ1) is 13.0. The van der Waals surface area contributed by atoms with Gasteiger partial charge in [-0.1, -0.05) is 18.2 Å². The topological polar surface area (TPSA) is 50.8 Å². The molecule has 1 N–H and O–H groups in total. The van der Waals surface area contributed by atoms with Crippen molar-refractivity contribution < 1.29 is 14.3 Å². The lowest BCUT2D eigenvalue weighted by Gasteiger charge is -2.29. The Bertz CT molecular complexity index is 812. The number of amides is 1. The molecule has 5 heteroatoms. The first kappa shape index (κ1) is 19.2. The third-order valence-corrected chi connectivity index (χ3v) is 5.20. The molecule has 5 nitrogen and oxygen atoms in total. The summed E-state index contributed by atoms with van der Waals surface area (Å²) < 4.78 is 10.8. The van der Waals surface area contributed by atoms with Crippen LogP contribution in [0.2, 0.25) is 0 Å². The number of ether oxygens (including phenoxy) is 2. The van der Waals surface area contributed by atoms with E-state index in [-0.39, 0.29) is 5.91 Å². The van der Waals surface area contributed by atoms with Crippen LogP contribution in [0.3, 0.4) is 0 Å². The highest BCUT2D eigenvalue weighted by Crippen LogP contribution is 2.33. The van der Waals surface area contributed by atoms with Crippen LogP contribution in [0.5, 0.6) is 11.5 Å². The molecule has 144 valence electrons. The van der Waals surface area contributed by atoms with Crippen LogP contribution in [-0.2, 0) is 17.8 Å². The van der Waals surface area contributed by atoms with Gasteiger partial charge < -0.3 is 14.8 Å². The summed E-state index contributed by atoms with van der Waals surface area (Å²) >= 11 is 0. The predicted molar refractivity (Wildman–Crippen MR) is 108 cm³/mol. The summed E-state index contributed by atoms with van der Waals surface area (Å²) in [6.45, 7) is 6.55. The second-order valence-corrected chi connectivity index (χ2v) is 7.07. The first-order valence-corrected chi connectivity index (χ1v) is 9.34. The lowest BCUT2D eigenvalue weighted by molar-refractivity contribution is -0.116. The van der Waals surface area contributed by atoms with Gasteiger partial charge in [0.1, 0.15) is 0 Å². The van der Waals surface area contributed by atoms with E-state index >= 15 is 0 Å². The van der Waals surface area contributed by atoms with Crippen molar-refractivity contribution in [3.8, 4) is 11.5 Å². The second kappa shape index (κ2) is 8.44. The van der Waals surface area contributed by atoms with Crippen LogP contribution in [0.4, 0.5) is 5.69 Å². The Hall–Kier alpha value is -2.53. The number of nitrogens with one attached hydrogen (secondary N) is 1. The minimum Gasteiger partial charge on any atom is -0.493 e. The van der Waals surface area contributed by atoms with Gasteiger partial charge >= 0.3 is 0 Å². The van der Waals surface area contributed by atoms with E-state index in [4.69, 9.17) is 9.47 Å². The SMILES string of the molecule is COc1cc2c(cc1OC)CN(CCC(=O)Nc1c(C)cccc1C)CC2. The van der Waals surface area contributed by atoms with Crippen molar-refractivity contribution in [2.45, 2.75) is 33.2 Å². The van der Waals surface area contributed by atoms with Crippen molar-refractivity contribution >= 4 is 11.6 Å². The minimum absolute atomic E-state index is 0.0607. The van der Waals surface area contributed by atoms with Crippen molar-refractivity contribution in [1.29, 1.82) is 0 Å². The Morgan fingerprint density at radius 1 is 1.07 bits per heavy atom. The zero-order valence-corrected chi connectivity index (χ0v) is 16.6. The molecular formula is C22H28N2O3. The van der Waals surface area contributed by atoms with Crippen LogP contribution in [0.15, 0.2) is 30.3 Å². The molecule has 1 aliphatic heterocycles. The third kappa shape index (κ3) is 4.42. The molecule has 1 aliphatic rings. The van der Waals surface area contributed by atoms with E-state index in [9.17, 15) is 4.79 Å². The van der Waals surface area contributed by atoms with Gasteiger partial charge in [-0.25, -0.2) is 0 Å². The Labute approximate surface area is 161 Å². The van der Waals surface area contributed by atoms with Crippen molar-refractivity contribution in [2.24, 2.45) is 0 Å².